The molecule has 0 saturated carbocycles. The van der Waals surface area contributed by atoms with Gasteiger partial charge in [-0.15, -0.1) is 0 Å². The average molecular weight is 706 g/mol. The summed E-state index contributed by atoms with van der Waals surface area (Å²) < 4.78 is 0. The SMILES string of the molecule is CC1(C)c2ccccc2-c2c(-c3ccc(-c4ccccc4)cc3-c3ccccc3)c3c(c(N(c4ccccc4)c4ccccc4)c21)C(C)(C)c1ccccc1-3. The third-order valence-corrected chi connectivity index (χ3v) is 12.2. The fourth-order valence-corrected chi connectivity index (χ4v) is 9.74. The third kappa shape index (κ3) is 5.00. The minimum absolute atomic E-state index is 0.297. The van der Waals surface area contributed by atoms with Crippen LogP contribution in [0.5, 0.6) is 0 Å². The molecule has 2 aliphatic rings. The molecule has 0 atom stereocenters. The van der Waals surface area contributed by atoms with E-state index >= 15 is 0 Å². The van der Waals surface area contributed by atoms with E-state index in [1.165, 1.54) is 83.6 Å². The quantitative estimate of drug-likeness (QED) is 0.166. The lowest BCUT2D eigenvalue weighted by molar-refractivity contribution is 0.640. The molecule has 2 aliphatic carbocycles. The molecule has 0 radical (unpaired) electrons. The molecule has 0 spiro atoms. The van der Waals surface area contributed by atoms with Crippen molar-refractivity contribution >= 4 is 17.1 Å². The van der Waals surface area contributed by atoms with Crippen LogP contribution in [0.4, 0.5) is 17.1 Å². The molecule has 0 amide bonds. The maximum atomic E-state index is 2.55. The summed E-state index contributed by atoms with van der Waals surface area (Å²) in [6.45, 7) is 9.77. The van der Waals surface area contributed by atoms with Crippen molar-refractivity contribution in [3.63, 3.8) is 0 Å². The molecule has 8 aromatic rings. The second-order valence-corrected chi connectivity index (χ2v) is 16.1. The topological polar surface area (TPSA) is 3.24 Å². The van der Waals surface area contributed by atoms with E-state index in [1.54, 1.807) is 0 Å². The number of anilines is 3. The Hall–Kier alpha value is -6.44. The van der Waals surface area contributed by atoms with Crippen LogP contribution in [0.15, 0.2) is 188 Å². The zero-order chi connectivity index (χ0) is 37.3. The highest BCUT2D eigenvalue weighted by Gasteiger charge is 2.49. The van der Waals surface area contributed by atoms with E-state index in [0.717, 1.165) is 11.4 Å². The van der Waals surface area contributed by atoms with Crippen LogP contribution in [0.1, 0.15) is 49.9 Å². The van der Waals surface area contributed by atoms with E-state index in [4.69, 9.17) is 0 Å². The highest BCUT2D eigenvalue weighted by atomic mass is 15.2. The van der Waals surface area contributed by atoms with Crippen molar-refractivity contribution in [1.29, 1.82) is 0 Å². The standard InChI is InChI=1S/C54H43N/c1-53(2)45-31-19-17-29-42(45)48-47(41-34-33-38(36-21-9-5-10-22-36)35-44(41)37-23-11-6-12-24-37)49-43-30-18-20-32-46(43)54(3,4)51(49)52(50(48)53)55(39-25-13-7-14-26-39)40-27-15-8-16-28-40/h5-35H,1-4H3. The van der Waals surface area contributed by atoms with Crippen LogP contribution in [-0.2, 0) is 10.8 Å². The summed E-state index contributed by atoms with van der Waals surface area (Å²) >= 11 is 0. The second kappa shape index (κ2) is 12.6. The molecule has 55 heavy (non-hydrogen) atoms. The fraction of sp³-hybridized carbons (Fsp3) is 0.111. The summed E-state index contributed by atoms with van der Waals surface area (Å²) in [5.74, 6) is 0. The summed E-state index contributed by atoms with van der Waals surface area (Å²) in [5, 5.41) is 0. The first-order valence-corrected chi connectivity index (χ1v) is 19.5. The van der Waals surface area contributed by atoms with E-state index in [2.05, 4.69) is 221 Å². The molecule has 8 aromatic carbocycles. The van der Waals surface area contributed by atoms with Crippen LogP contribution in [0, 0.1) is 0 Å². The average Bonchev–Trinajstić information content (AvgIpc) is 3.62. The Labute approximate surface area is 325 Å². The van der Waals surface area contributed by atoms with Crippen LogP contribution in [0.2, 0.25) is 0 Å². The molecule has 0 aliphatic heterocycles. The van der Waals surface area contributed by atoms with Gasteiger partial charge in [0.15, 0.2) is 0 Å². The molecule has 264 valence electrons. The van der Waals surface area contributed by atoms with Gasteiger partial charge in [-0.3, -0.25) is 0 Å². The van der Waals surface area contributed by atoms with Crippen molar-refractivity contribution in [2.24, 2.45) is 0 Å². The lowest BCUT2D eigenvalue weighted by Gasteiger charge is -2.38. The first-order chi connectivity index (χ1) is 26.9. The van der Waals surface area contributed by atoms with Crippen LogP contribution in [0.25, 0.3) is 55.6 Å². The molecule has 0 heterocycles. The maximum absolute atomic E-state index is 2.55. The van der Waals surface area contributed by atoms with Crippen molar-refractivity contribution in [2.75, 3.05) is 4.90 Å². The van der Waals surface area contributed by atoms with Gasteiger partial charge >= 0.3 is 0 Å². The van der Waals surface area contributed by atoms with Gasteiger partial charge in [-0.2, -0.15) is 0 Å². The summed E-state index contributed by atoms with van der Waals surface area (Å²) in [4.78, 5) is 2.55. The van der Waals surface area contributed by atoms with Gasteiger partial charge in [-0.25, -0.2) is 0 Å². The monoisotopic (exact) mass is 705 g/mol. The second-order valence-electron chi connectivity index (χ2n) is 16.1. The molecular formula is C54H43N. The Balaban J connectivity index is 1.43. The van der Waals surface area contributed by atoms with Gasteiger partial charge < -0.3 is 4.90 Å². The summed E-state index contributed by atoms with van der Waals surface area (Å²) in [7, 11) is 0. The summed E-state index contributed by atoms with van der Waals surface area (Å²) in [5.41, 5.74) is 21.3. The largest absolute Gasteiger partial charge is 0.310 e. The summed E-state index contributed by atoms with van der Waals surface area (Å²) in [6.07, 6.45) is 0. The number of para-hydroxylation sites is 2. The van der Waals surface area contributed by atoms with E-state index in [1.807, 2.05) is 0 Å². The molecule has 10 rings (SSSR count). The van der Waals surface area contributed by atoms with Crippen LogP contribution in [-0.4, -0.2) is 0 Å². The first kappa shape index (κ1) is 33.2. The molecule has 0 N–H and O–H groups in total. The van der Waals surface area contributed by atoms with Crippen LogP contribution >= 0.6 is 0 Å². The van der Waals surface area contributed by atoms with Gasteiger partial charge in [-0.05, 0) is 108 Å². The fourth-order valence-electron chi connectivity index (χ4n) is 9.74. The molecule has 0 aromatic heterocycles. The van der Waals surface area contributed by atoms with Gasteiger partial charge in [0.2, 0.25) is 0 Å². The van der Waals surface area contributed by atoms with Crippen molar-refractivity contribution in [1.82, 2.24) is 0 Å². The molecule has 0 unspecified atom stereocenters. The number of hydrogen-bond donors (Lipinski definition) is 0. The molecule has 1 heteroatoms. The number of rotatable bonds is 6. The zero-order valence-corrected chi connectivity index (χ0v) is 31.8. The Morgan fingerprint density at radius 2 is 0.745 bits per heavy atom. The highest BCUT2D eigenvalue weighted by molar-refractivity contribution is 6.11. The maximum Gasteiger partial charge on any atom is 0.0556 e. The molecule has 0 bridgehead atoms. The zero-order valence-electron chi connectivity index (χ0n) is 31.8. The highest BCUT2D eigenvalue weighted by Crippen LogP contribution is 2.66. The van der Waals surface area contributed by atoms with Gasteiger partial charge in [0.05, 0.1) is 5.69 Å². The number of benzene rings is 8. The van der Waals surface area contributed by atoms with Crippen LogP contribution < -0.4 is 4.90 Å². The smallest absolute Gasteiger partial charge is 0.0556 e. The van der Waals surface area contributed by atoms with E-state index in [-0.39, 0.29) is 10.8 Å². The molecule has 0 saturated heterocycles. The minimum Gasteiger partial charge on any atom is -0.310 e. The lowest BCUT2D eigenvalue weighted by atomic mass is 9.73. The molecule has 1 nitrogen and oxygen atoms in total. The van der Waals surface area contributed by atoms with Crippen molar-refractivity contribution < 1.29 is 0 Å². The van der Waals surface area contributed by atoms with E-state index < -0.39 is 0 Å². The van der Waals surface area contributed by atoms with Crippen molar-refractivity contribution in [3.05, 3.63) is 210 Å². The normalized spacial score (nSPS) is 14.1. The van der Waals surface area contributed by atoms with Gasteiger partial charge in [0.25, 0.3) is 0 Å². The van der Waals surface area contributed by atoms with Crippen molar-refractivity contribution in [3.8, 4) is 55.6 Å². The van der Waals surface area contributed by atoms with Crippen molar-refractivity contribution in [2.45, 2.75) is 38.5 Å². The number of nitrogens with zero attached hydrogens (tertiary/aromatic N) is 1. The van der Waals surface area contributed by atoms with Gasteiger partial charge in [-0.1, -0.05) is 185 Å². The molecular weight excluding hydrogens is 663 g/mol. The van der Waals surface area contributed by atoms with Gasteiger partial charge in [0, 0.05) is 22.2 Å². The lowest BCUT2D eigenvalue weighted by Crippen LogP contribution is -2.26. The Morgan fingerprint density at radius 1 is 0.327 bits per heavy atom. The number of fused-ring (bicyclic) bond motifs is 6. The minimum atomic E-state index is -0.297. The van der Waals surface area contributed by atoms with Crippen LogP contribution in [0.3, 0.4) is 0 Å². The molecule has 0 fully saturated rings. The van der Waals surface area contributed by atoms with E-state index in [9.17, 15) is 0 Å². The predicted octanol–water partition coefficient (Wildman–Crippen LogP) is 14.8. The number of hydrogen-bond acceptors (Lipinski definition) is 1. The Kier molecular flexibility index (Phi) is 7.58. The Bertz CT molecular complexity index is 2600. The predicted molar refractivity (Wildman–Crippen MR) is 233 cm³/mol. The third-order valence-electron chi connectivity index (χ3n) is 12.2. The first-order valence-electron chi connectivity index (χ1n) is 19.5. The van der Waals surface area contributed by atoms with E-state index in [0.29, 0.717) is 0 Å². The van der Waals surface area contributed by atoms with Gasteiger partial charge in [0.1, 0.15) is 0 Å². The summed E-state index contributed by atoms with van der Waals surface area (Å²) in [6, 6.07) is 69.2. The Morgan fingerprint density at radius 3 is 1.24 bits per heavy atom.